The molecule has 0 radical (unpaired) electrons. The zero-order valence-electron chi connectivity index (χ0n) is 12.0. The lowest BCUT2D eigenvalue weighted by atomic mass is 10.0. The van der Waals surface area contributed by atoms with Gasteiger partial charge in [-0.05, 0) is 30.5 Å². The van der Waals surface area contributed by atoms with Crippen molar-refractivity contribution in [3.05, 3.63) is 22.7 Å². The molecule has 1 aromatic carbocycles. The summed E-state index contributed by atoms with van der Waals surface area (Å²) in [5.74, 6) is 1.51. The fourth-order valence-electron chi connectivity index (χ4n) is 2.78. The number of hydrogen-bond donors (Lipinski definition) is 1. The van der Waals surface area contributed by atoms with Gasteiger partial charge < -0.3 is 19.7 Å². The van der Waals surface area contributed by atoms with Gasteiger partial charge in [-0.1, -0.05) is 11.6 Å². The highest BCUT2D eigenvalue weighted by Gasteiger charge is 2.21. The van der Waals surface area contributed by atoms with Crippen LogP contribution < -0.4 is 14.8 Å². The van der Waals surface area contributed by atoms with Crippen molar-refractivity contribution in [1.29, 1.82) is 0 Å². The summed E-state index contributed by atoms with van der Waals surface area (Å²) in [6, 6.07) is 4.31. The highest BCUT2D eigenvalue weighted by Crippen LogP contribution is 2.39. The number of likely N-dealkylation sites (tertiary alicyclic amines) is 1. The van der Waals surface area contributed by atoms with Crippen LogP contribution in [0.5, 0.6) is 11.5 Å². The van der Waals surface area contributed by atoms with E-state index in [9.17, 15) is 4.79 Å². The lowest BCUT2D eigenvalue weighted by Gasteiger charge is -2.31. The molecule has 114 valence electrons. The average molecular weight is 311 g/mol. The molecule has 0 aliphatic carbocycles. The second kappa shape index (κ2) is 6.12. The summed E-state index contributed by atoms with van der Waals surface area (Å²) >= 11 is 6.17. The lowest BCUT2D eigenvalue weighted by Crippen LogP contribution is -2.43. The van der Waals surface area contributed by atoms with Gasteiger partial charge in [0.15, 0.2) is 11.5 Å². The van der Waals surface area contributed by atoms with Gasteiger partial charge in [-0.15, -0.1) is 0 Å². The molecule has 2 aliphatic heterocycles. The molecule has 2 heterocycles. The predicted octanol–water partition coefficient (Wildman–Crippen LogP) is 2.17. The number of benzene rings is 1. The van der Waals surface area contributed by atoms with Crippen LogP contribution in [0.4, 0.5) is 0 Å². The van der Waals surface area contributed by atoms with Crippen LogP contribution in [-0.2, 0) is 11.3 Å². The van der Waals surface area contributed by atoms with E-state index in [2.05, 4.69) is 5.32 Å². The molecule has 0 bridgehead atoms. The molecule has 1 fully saturated rings. The minimum absolute atomic E-state index is 0.163. The van der Waals surface area contributed by atoms with Crippen molar-refractivity contribution in [3.63, 3.8) is 0 Å². The molecule has 1 saturated heterocycles. The number of nitrogens with one attached hydrogen (secondary N) is 1. The maximum absolute atomic E-state index is 11.3. The van der Waals surface area contributed by atoms with E-state index >= 15 is 0 Å². The summed E-state index contributed by atoms with van der Waals surface area (Å²) in [6.45, 7) is 4.25. The van der Waals surface area contributed by atoms with Gasteiger partial charge in [0.2, 0.25) is 12.7 Å². The molecule has 0 atom stereocenters. The monoisotopic (exact) mass is 310 g/mol. The van der Waals surface area contributed by atoms with E-state index in [0.29, 0.717) is 22.6 Å². The lowest BCUT2D eigenvalue weighted by molar-refractivity contribution is -0.129. The molecule has 2 aliphatic rings. The maximum Gasteiger partial charge on any atom is 0.231 e. The van der Waals surface area contributed by atoms with E-state index in [0.717, 1.165) is 38.0 Å². The van der Waals surface area contributed by atoms with Crippen molar-refractivity contribution in [2.75, 3.05) is 19.9 Å². The number of ether oxygens (including phenoxy) is 2. The molecule has 0 saturated carbocycles. The van der Waals surface area contributed by atoms with Crippen LogP contribution >= 0.6 is 11.6 Å². The Bertz CT molecular complexity index is 542. The Morgan fingerprint density at radius 3 is 2.86 bits per heavy atom. The summed E-state index contributed by atoms with van der Waals surface area (Å²) in [4.78, 5) is 13.2. The van der Waals surface area contributed by atoms with Crippen molar-refractivity contribution < 1.29 is 14.3 Å². The molecule has 3 rings (SSSR count). The minimum atomic E-state index is 0.163. The number of hydrogen-bond acceptors (Lipinski definition) is 4. The number of halogens is 1. The standard InChI is InChI=1S/C15H19ClN2O3/c1-10(19)18-4-2-12(3-5-18)17-8-11-6-13(16)15-14(7-11)20-9-21-15/h6-7,12,17H,2-5,8-9H2,1H3. The first-order valence-electron chi connectivity index (χ1n) is 7.20. The van der Waals surface area contributed by atoms with Crippen LogP contribution in [0.25, 0.3) is 0 Å². The quantitative estimate of drug-likeness (QED) is 0.929. The van der Waals surface area contributed by atoms with Crippen LogP contribution in [0.2, 0.25) is 5.02 Å². The van der Waals surface area contributed by atoms with Crippen molar-refractivity contribution in [2.24, 2.45) is 0 Å². The smallest absolute Gasteiger partial charge is 0.231 e. The van der Waals surface area contributed by atoms with Crippen molar-refractivity contribution in [3.8, 4) is 11.5 Å². The largest absolute Gasteiger partial charge is 0.454 e. The van der Waals surface area contributed by atoms with Crippen LogP contribution in [0.15, 0.2) is 12.1 Å². The van der Waals surface area contributed by atoms with E-state index in [1.807, 2.05) is 17.0 Å². The van der Waals surface area contributed by atoms with Gasteiger partial charge >= 0.3 is 0 Å². The normalized spacial score (nSPS) is 18.1. The molecule has 5 nitrogen and oxygen atoms in total. The molecule has 0 aromatic heterocycles. The van der Waals surface area contributed by atoms with E-state index < -0.39 is 0 Å². The summed E-state index contributed by atoms with van der Waals surface area (Å²) in [7, 11) is 0. The second-order valence-corrected chi connectivity index (χ2v) is 5.88. The summed E-state index contributed by atoms with van der Waals surface area (Å²) in [5.41, 5.74) is 1.08. The number of fused-ring (bicyclic) bond motifs is 1. The third-order valence-electron chi connectivity index (χ3n) is 4.02. The topological polar surface area (TPSA) is 50.8 Å². The Labute approximate surface area is 129 Å². The Hall–Kier alpha value is -1.46. The summed E-state index contributed by atoms with van der Waals surface area (Å²) in [5, 5.41) is 4.11. The van der Waals surface area contributed by atoms with E-state index in [4.69, 9.17) is 21.1 Å². The van der Waals surface area contributed by atoms with Crippen LogP contribution in [0.1, 0.15) is 25.3 Å². The molecule has 1 amide bonds. The second-order valence-electron chi connectivity index (χ2n) is 5.47. The van der Waals surface area contributed by atoms with Crippen molar-refractivity contribution >= 4 is 17.5 Å². The van der Waals surface area contributed by atoms with Crippen molar-refractivity contribution in [2.45, 2.75) is 32.4 Å². The molecule has 0 spiro atoms. The van der Waals surface area contributed by atoms with Gasteiger partial charge in [0.25, 0.3) is 0 Å². The number of carbonyl (C=O) groups excluding carboxylic acids is 1. The molecule has 21 heavy (non-hydrogen) atoms. The number of amides is 1. The minimum Gasteiger partial charge on any atom is -0.454 e. The first-order chi connectivity index (χ1) is 10.1. The van der Waals surface area contributed by atoms with Crippen LogP contribution in [0.3, 0.4) is 0 Å². The molecular weight excluding hydrogens is 292 g/mol. The number of rotatable bonds is 3. The van der Waals surface area contributed by atoms with E-state index in [-0.39, 0.29) is 12.7 Å². The first kappa shape index (κ1) is 14.5. The highest BCUT2D eigenvalue weighted by molar-refractivity contribution is 6.32. The predicted molar refractivity (Wildman–Crippen MR) is 79.7 cm³/mol. The molecule has 0 unspecified atom stereocenters. The van der Waals surface area contributed by atoms with Crippen LogP contribution in [-0.4, -0.2) is 36.7 Å². The molecule has 1 aromatic rings. The van der Waals surface area contributed by atoms with E-state index in [1.165, 1.54) is 0 Å². The zero-order chi connectivity index (χ0) is 14.8. The molecule has 1 N–H and O–H groups in total. The van der Waals surface area contributed by atoms with E-state index in [1.54, 1.807) is 6.92 Å². The van der Waals surface area contributed by atoms with Gasteiger partial charge in [-0.3, -0.25) is 4.79 Å². The maximum atomic E-state index is 11.3. The Morgan fingerprint density at radius 1 is 1.38 bits per heavy atom. The van der Waals surface area contributed by atoms with Gasteiger partial charge in [0.05, 0.1) is 5.02 Å². The first-order valence-corrected chi connectivity index (χ1v) is 7.58. The fraction of sp³-hybridized carbons (Fsp3) is 0.533. The average Bonchev–Trinajstić information content (AvgIpc) is 2.94. The third-order valence-corrected chi connectivity index (χ3v) is 4.30. The summed E-state index contributed by atoms with van der Waals surface area (Å²) < 4.78 is 10.7. The number of nitrogens with zero attached hydrogens (tertiary/aromatic N) is 1. The van der Waals surface area contributed by atoms with Crippen molar-refractivity contribution in [1.82, 2.24) is 10.2 Å². The Balaban J connectivity index is 1.54. The van der Waals surface area contributed by atoms with Gasteiger partial charge in [0, 0.05) is 32.6 Å². The SMILES string of the molecule is CC(=O)N1CCC(NCc2cc(Cl)c3c(c2)OCO3)CC1. The molecular formula is C15H19ClN2O3. The Kier molecular flexibility index (Phi) is 4.22. The highest BCUT2D eigenvalue weighted by atomic mass is 35.5. The fourth-order valence-corrected chi connectivity index (χ4v) is 3.07. The van der Waals surface area contributed by atoms with Crippen LogP contribution in [0, 0.1) is 0 Å². The molecule has 6 heteroatoms. The van der Waals surface area contributed by atoms with Gasteiger partial charge in [0.1, 0.15) is 0 Å². The number of piperidine rings is 1. The van der Waals surface area contributed by atoms with Gasteiger partial charge in [-0.2, -0.15) is 0 Å². The summed E-state index contributed by atoms with van der Waals surface area (Å²) in [6.07, 6.45) is 1.97. The zero-order valence-corrected chi connectivity index (χ0v) is 12.8. The van der Waals surface area contributed by atoms with Gasteiger partial charge in [-0.25, -0.2) is 0 Å². The third kappa shape index (κ3) is 3.24. The number of carbonyl (C=O) groups is 1. The Morgan fingerprint density at radius 2 is 2.14 bits per heavy atom.